The van der Waals surface area contributed by atoms with Crippen LogP contribution in [0.4, 0.5) is 0 Å². The molecule has 0 heterocycles. The van der Waals surface area contributed by atoms with E-state index in [4.69, 9.17) is 10.5 Å². The normalized spacial score (nSPS) is 9.83. The molecule has 0 radical (unpaired) electrons. The molecule has 0 spiro atoms. The van der Waals surface area contributed by atoms with Crippen LogP contribution in [0.1, 0.15) is 30.1 Å². The maximum atomic E-state index is 11.0. The van der Waals surface area contributed by atoms with Gasteiger partial charge in [0.15, 0.2) is 0 Å². The molecule has 0 unspecified atom stereocenters. The van der Waals surface area contributed by atoms with E-state index in [2.05, 4.69) is 5.32 Å². The minimum absolute atomic E-state index is 0.0231. The van der Waals surface area contributed by atoms with E-state index >= 15 is 0 Å². The molecule has 1 aromatic carbocycles. The van der Waals surface area contributed by atoms with Gasteiger partial charge in [-0.15, -0.1) is 0 Å². The predicted octanol–water partition coefficient (Wildman–Crippen LogP) is 1.08. The molecule has 0 saturated heterocycles. The molecule has 0 aliphatic carbocycles. The van der Waals surface area contributed by atoms with Gasteiger partial charge in [0.05, 0.1) is 6.61 Å². The lowest BCUT2D eigenvalue weighted by Crippen LogP contribution is -2.21. The van der Waals surface area contributed by atoms with Gasteiger partial charge < -0.3 is 15.8 Å². The summed E-state index contributed by atoms with van der Waals surface area (Å²) in [6.45, 7) is 2.69. The minimum atomic E-state index is -0.467. The summed E-state index contributed by atoms with van der Waals surface area (Å²) >= 11 is 0. The lowest BCUT2D eigenvalue weighted by molar-refractivity contribution is -0.118. The average Bonchev–Trinajstić information content (AvgIpc) is 2.33. The van der Waals surface area contributed by atoms with Gasteiger partial charge in [-0.2, -0.15) is 0 Å². The molecule has 1 rings (SSSR count). The first-order valence-electron chi connectivity index (χ1n) is 5.86. The molecule has 1 aromatic rings. The van der Waals surface area contributed by atoms with E-state index in [0.29, 0.717) is 24.5 Å². The van der Waals surface area contributed by atoms with Crippen molar-refractivity contribution in [1.29, 1.82) is 0 Å². The second-order valence-electron chi connectivity index (χ2n) is 3.93. The number of unbranched alkanes of at least 4 members (excludes halogenated alkanes) is 1. The number of primary amides is 1. The fourth-order valence-corrected chi connectivity index (χ4v) is 1.42. The summed E-state index contributed by atoms with van der Waals surface area (Å²) in [6.07, 6.45) is 1.69. The number of carbonyl (C=O) groups is 2. The van der Waals surface area contributed by atoms with Crippen LogP contribution in [0.15, 0.2) is 24.3 Å². The summed E-state index contributed by atoms with van der Waals surface area (Å²) in [5.41, 5.74) is 5.61. The summed E-state index contributed by atoms with van der Waals surface area (Å²) in [5, 5.41) is 2.71. The molecule has 2 amide bonds. The van der Waals surface area contributed by atoms with Crippen molar-refractivity contribution in [3.8, 4) is 5.75 Å². The Morgan fingerprint density at radius 2 is 2.11 bits per heavy atom. The van der Waals surface area contributed by atoms with E-state index in [1.807, 2.05) is 0 Å². The van der Waals surface area contributed by atoms with Crippen molar-refractivity contribution in [1.82, 2.24) is 5.32 Å². The van der Waals surface area contributed by atoms with Crippen LogP contribution in [0.2, 0.25) is 0 Å². The highest BCUT2D eigenvalue weighted by atomic mass is 16.5. The van der Waals surface area contributed by atoms with Crippen LogP contribution in [0.25, 0.3) is 0 Å². The Hall–Kier alpha value is -2.04. The summed E-state index contributed by atoms with van der Waals surface area (Å²) in [5.74, 6) is 0.141. The van der Waals surface area contributed by atoms with E-state index in [0.717, 1.165) is 12.8 Å². The molecule has 5 heteroatoms. The molecule has 3 N–H and O–H groups in total. The molecule has 0 aliphatic rings. The maximum Gasteiger partial charge on any atom is 0.248 e. The van der Waals surface area contributed by atoms with Crippen LogP contribution in [-0.2, 0) is 4.79 Å². The van der Waals surface area contributed by atoms with Crippen LogP contribution in [0, 0.1) is 0 Å². The molecule has 0 fully saturated rings. The first-order valence-corrected chi connectivity index (χ1v) is 5.86. The molecule has 18 heavy (non-hydrogen) atoms. The summed E-state index contributed by atoms with van der Waals surface area (Å²) in [4.78, 5) is 21.6. The van der Waals surface area contributed by atoms with Gasteiger partial charge in [-0.3, -0.25) is 9.59 Å². The van der Waals surface area contributed by atoms with E-state index in [1.54, 1.807) is 24.3 Å². The Balaban J connectivity index is 2.25. The third kappa shape index (κ3) is 5.34. The summed E-state index contributed by atoms with van der Waals surface area (Å²) in [7, 11) is 0. The third-order valence-electron chi connectivity index (χ3n) is 2.33. The van der Waals surface area contributed by atoms with Gasteiger partial charge in [-0.05, 0) is 31.0 Å². The quantitative estimate of drug-likeness (QED) is 0.710. The van der Waals surface area contributed by atoms with E-state index < -0.39 is 5.91 Å². The zero-order chi connectivity index (χ0) is 13.4. The van der Waals surface area contributed by atoms with Gasteiger partial charge in [0.1, 0.15) is 5.75 Å². The molecular weight excluding hydrogens is 232 g/mol. The van der Waals surface area contributed by atoms with Crippen LogP contribution in [0.5, 0.6) is 5.75 Å². The van der Waals surface area contributed by atoms with Gasteiger partial charge in [0, 0.05) is 19.0 Å². The van der Waals surface area contributed by atoms with Gasteiger partial charge in [0.2, 0.25) is 11.8 Å². The first-order chi connectivity index (χ1) is 8.59. The van der Waals surface area contributed by atoms with Crippen LogP contribution in [-0.4, -0.2) is 25.0 Å². The number of benzene rings is 1. The number of hydrogen-bond donors (Lipinski definition) is 2. The monoisotopic (exact) mass is 250 g/mol. The lowest BCUT2D eigenvalue weighted by Gasteiger charge is -2.07. The molecule has 5 nitrogen and oxygen atoms in total. The average molecular weight is 250 g/mol. The van der Waals surface area contributed by atoms with Crippen LogP contribution >= 0.6 is 0 Å². The molecule has 98 valence electrons. The molecule has 0 bridgehead atoms. The van der Waals surface area contributed by atoms with Gasteiger partial charge in [-0.25, -0.2) is 0 Å². The highest BCUT2D eigenvalue weighted by Gasteiger charge is 2.01. The minimum Gasteiger partial charge on any atom is -0.494 e. The van der Waals surface area contributed by atoms with Crippen LogP contribution in [0.3, 0.4) is 0 Å². The predicted molar refractivity (Wildman–Crippen MR) is 68.4 cm³/mol. The summed E-state index contributed by atoms with van der Waals surface area (Å²) in [6, 6.07) is 6.77. The third-order valence-corrected chi connectivity index (χ3v) is 2.33. The number of hydrogen-bond acceptors (Lipinski definition) is 3. The summed E-state index contributed by atoms with van der Waals surface area (Å²) < 4.78 is 5.48. The van der Waals surface area contributed by atoms with Crippen LogP contribution < -0.4 is 15.8 Å². The number of nitrogens with two attached hydrogens (primary N) is 1. The number of carbonyl (C=O) groups excluding carboxylic acids is 2. The Morgan fingerprint density at radius 3 is 2.78 bits per heavy atom. The second kappa shape index (κ2) is 7.32. The highest BCUT2D eigenvalue weighted by Crippen LogP contribution is 2.13. The number of nitrogens with one attached hydrogen (secondary N) is 1. The smallest absolute Gasteiger partial charge is 0.248 e. The SMILES string of the molecule is CC(=O)NCCCCOc1cccc(C(N)=O)c1. The fraction of sp³-hybridized carbons (Fsp3) is 0.385. The number of ether oxygens (including phenoxy) is 1. The largest absolute Gasteiger partial charge is 0.494 e. The Kier molecular flexibility index (Phi) is 5.70. The van der Waals surface area contributed by atoms with Gasteiger partial charge >= 0.3 is 0 Å². The van der Waals surface area contributed by atoms with Crippen molar-refractivity contribution in [2.75, 3.05) is 13.2 Å². The van der Waals surface area contributed by atoms with Crippen molar-refractivity contribution >= 4 is 11.8 Å². The molecule has 0 aromatic heterocycles. The van der Waals surface area contributed by atoms with Gasteiger partial charge in [0.25, 0.3) is 0 Å². The van der Waals surface area contributed by atoms with E-state index in [9.17, 15) is 9.59 Å². The fourth-order valence-electron chi connectivity index (χ4n) is 1.42. The lowest BCUT2D eigenvalue weighted by atomic mass is 10.2. The van der Waals surface area contributed by atoms with Gasteiger partial charge in [-0.1, -0.05) is 6.07 Å². The Morgan fingerprint density at radius 1 is 1.33 bits per heavy atom. The highest BCUT2D eigenvalue weighted by molar-refractivity contribution is 5.93. The van der Waals surface area contributed by atoms with Crippen molar-refractivity contribution in [2.45, 2.75) is 19.8 Å². The number of amides is 2. The maximum absolute atomic E-state index is 11.0. The van der Waals surface area contributed by atoms with E-state index in [1.165, 1.54) is 6.92 Å². The van der Waals surface area contributed by atoms with Crippen molar-refractivity contribution in [3.63, 3.8) is 0 Å². The van der Waals surface area contributed by atoms with Crippen molar-refractivity contribution in [2.24, 2.45) is 5.73 Å². The Labute approximate surface area is 106 Å². The van der Waals surface area contributed by atoms with Crippen molar-refractivity contribution < 1.29 is 14.3 Å². The Bertz CT molecular complexity index is 418. The molecule has 0 atom stereocenters. The standard InChI is InChI=1S/C13H18N2O3/c1-10(16)15-7-2-3-8-18-12-6-4-5-11(9-12)13(14)17/h4-6,9H,2-3,7-8H2,1H3,(H2,14,17)(H,15,16). The second-order valence-corrected chi connectivity index (χ2v) is 3.93. The molecule has 0 aliphatic heterocycles. The topological polar surface area (TPSA) is 81.4 Å². The zero-order valence-electron chi connectivity index (χ0n) is 10.4. The van der Waals surface area contributed by atoms with Crippen molar-refractivity contribution in [3.05, 3.63) is 29.8 Å². The zero-order valence-corrected chi connectivity index (χ0v) is 10.4. The number of rotatable bonds is 7. The first kappa shape index (κ1) is 14.0. The molecule has 0 saturated carbocycles. The van der Waals surface area contributed by atoms with E-state index in [-0.39, 0.29) is 5.91 Å². The molecular formula is C13H18N2O3.